The summed E-state index contributed by atoms with van der Waals surface area (Å²) in [6.07, 6.45) is 6.98. The minimum atomic E-state index is -0.863. The van der Waals surface area contributed by atoms with Crippen LogP contribution in [0.5, 0.6) is 5.75 Å². The molecule has 2 aromatic rings. The van der Waals surface area contributed by atoms with Gasteiger partial charge in [-0.3, -0.25) is 19.7 Å². The number of nitro groups is 1. The van der Waals surface area contributed by atoms with E-state index in [2.05, 4.69) is 11.2 Å². The summed E-state index contributed by atoms with van der Waals surface area (Å²) in [7, 11) is 0. The number of halogens is 1. The van der Waals surface area contributed by atoms with Crippen LogP contribution in [-0.2, 0) is 4.79 Å². The summed E-state index contributed by atoms with van der Waals surface area (Å²) in [4.78, 5) is 35.5. The molecule has 3 rings (SSSR count). The van der Waals surface area contributed by atoms with E-state index in [1.165, 1.54) is 35.2 Å². The molecule has 28 heavy (non-hydrogen) atoms. The van der Waals surface area contributed by atoms with E-state index in [0.29, 0.717) is 6.29 Å². The molecule has 1 N–H and O–H groups in total. The van der Waals surface area contributed by atoms with Crippen molar-refractivity contribution in [2.45, 2.75) is 0 Å². The van der Waals surface area contributed by atoms with Crippen LogP contribution in [0, 0.1) is 28.3 Å². The largest absolute Gasteiger partial charge is 0.460 e. The van der Waals surface area contributed by atoms with Gasteiger partial charge in [0.05, 0.1) is 22.8 Å². The topological polar surface area (TPSA) is 102 Å². The van der Waals surface area contributed by atoms with E-state index in [9.17, 15) is 24.1 Å². The molecule has 0 atom stereocenters. The first-order chi connectivity index (χ1) is 13.5. The van der Waals surface area contributed by atoms with Crippen LogP contribution in [0.3, 0.4) is 0 Å². The van der Waals surface area contributed by atoms with Crippen LogP contribution in [0.25, 0.3) is 0 Å². The second kappa shape index (κ2) is 7.59. The van der Waals surface area contributed by atoms with Crippen molar-refractivity contribution in [3.63, 3.8) is 0 Å². The van der Waals surface area contributed by atoms with Gasteiger partial charge in [-0.2, -0.15) is 0 Å². The van der Waals surface area contributed by atoms with Crippen molar-refractivity contribution < 1.29 is 23.6 Å². The monoisotopic (exact) mass is 381 g/mol. The van der Waals surface area contributed by atoms with Crippen molar-refractivity contribution in [3.05, 3.63) is 69.9 Å². The van der Waals surface area contributed by atoms with E-state index >= 15 is 0 Å². The molecule has 2 aromatic carbocycles. The van der Waals surface area contributed by atoms with Gasteiger partial charge in [0.15, 0.2) is 17.9 Å². The maximum atomic E-state index is 14.4. The number of nitrogens with zero attached hydrogens (tertiary/aromatic N) is 2. The SMILES string of the molecule is C#CCN1C(C=O)=COc2cc(F)c(NC(=O)c3ccccc3[N+](=O)[O-])cc21. The van der Waals surface area contributed by atoms with Crippen LogP contribution in [0.15, 0.2) is 48.4 Å². The Labute approximate surface area is 158 Å². The molecule has 1 heterocycles. The fourth-order valence-electron chi connectivity index (χ4n) is 2.64. The number of para-hydroxylation sites is 1. The summed E-state index contributed by atoms with van der Waals surface area (Å²) in [5.41, 5.74) is -0.508. The molecule has 0 spiro atoms. The number of hydrogen-bond donors (Lipinski definition) is 1. The van der Waals surface area contributed by atoms with Gasteiger partial charge in [-0.1, -0.05) is 18.1 Å². The van der Waals surface area contributed by atoms with Crippen LogP contribution in [-0.4, -0.2) is 23.7 Å². The molecule has 0 fully saturated rings. The summed E-state index contributed by atoms with van der Waals surface area (Å²) in [5.74, 6) is 0.789. The maximum absolute atomic E-state index is 14.4. The minimum Gasteiger partial charge on any atom is -0.460 e. The number of amides is 1. The molecule has 0 bridgehead atoms. The highest BCUT2D eigenvalue weighted by Crippen LogP contribution is 2.38. The summed E-state index contributed by atoms with van der Waals surface area (Å²) < 4.78 is 19.7. The number of nitro benzene ring substituents is 1. The van der Waals surface area contributed by atoms with E-state index in [1.54, 1.807) is 0 Å². The average Bonchev–Trinajstić information content (AvgIpc) is 2.69. The lowest BCUT2D eigenvalue weighted by Gasteiger charge is -2.28. The van der Waals surface area contributed by atoms with E-state index in [0.717, 1.165) is 12.3 Å². The molecule has 0 radical (unpaired) electrons. The van der Waals surface area contributed by atoms with Gasteiger partial charge in [0, 0.05) is 12.1 Å². The number of benzene rings is 2. The number of ether oxygens (including phenoxy) is 1. The Bertz CT molecular complexity index is 1060. The minimum absolute atomic E-state index is 0.00408. The molecule has 0 aromatic heterocycles. The van der Waals surface area contributed by atoms with Crippen molar-refractivity contribution >= 4 is 29.3 Å². The zero-order chi connectivity index (χ0) is 20.3. The van der Waals surface area contributed by atoms with Crippen molar-refractivity contribution in [2.24, 2.45) is 0 Å². The van der Waals surface area contributed by atoms with Gasteiger partial charge in [0.25, 0.3) is 11.6 Å². The molecule has 8 nitrogen and oxygen atoms in total. The van der Waals surface area contributed by atoms with Crippen LogP contribution in [0.1, 0.15) is 10.4 Å². The quantitative estimate of drug-likeness (QED) is 0.370. The van der Waals surface area contributed by atoms with E-state index in [-0.39, 0.29) is 34.9 Å². The summed E-state index contributed by atoms with van der Waals surface area (Å²) in [5, 5.41) is 13.4. The Morgan fingerprint density at radius 2 is 2.14 bits per heavy atom. The first-order valence-electron chi connectivity index (χ1n) is 7.87. The molecule has 0 saturated carbocycles. The van der Waals surface area contributed by atoms with Crippen LogP contribution in [0.2, 0.25) is 0 Å². The Kier molecular flexibility index (Phi) is 5.04. The third-order valence-corrected chi connectivity index (χ3v) is 3.92. The van der Waals surface area contributed by atoms with Crippen molar-refractivity contribution in [3.8, 4) is 18.1 Å². The molecule has 0 aliphatic carbocycles. The van der Waals surface area contributed by atoms with Gasteiger partial charge in [-0.25, -0.2) is 4.39 Å². The Morgan fingerprint density at radius 3 is 2.82 bits per heavy atom. The maximum Gasteiger partial charge on any atom is 0.282 e. The van der Waals surface area contributed by atoms with E-state index in [1.807, 2.05) is 0 Å². The number of allylic oxidation sites excluding steroid dienone is 1. The van der Waals surface area contributed by atoms with Crippen molar-refractivity contribution in [1.82, 2.24) is 0 Å². The number of fused-ring (bicyclic) bond motifs is 1. The van der Waals surface area contributed by atoms with Crippen LogP contribution >= 0.6 is 0 Å². The molecule has 0 unspecified atom stereocenters. The molecule has 0 saturated heterocycles. The highest BCUT2D eigenvalue weighted by atomic mass is 19.1. The number of hydrogen-bond acceptors (Lipinski definition) is 6. The molecule has 1 aliphatic rings. The number of rotatable bonds is 5. The lowest BCUT2D eigenvalue weighted by molar-refractivity contribution is -0.385. The standard InChI is InChI=1S/C19H12FN3O5/c1-2-7-22-12(10-24)11-28-18-8-14(20)15(9-17(18)22)21-19(25)13-5-3-4-6-16(13)23(26)27/h1,3-6,8-11H,7H2,(H,21,25). The lowest BCUT2D eigenvalue weighted by atomic mass is 10.1. The van der Waals surface area contributed by atoms with Crippen molar-refractivity contribution in [2.75, 3.05) is 16.8 Å². The lowest BCUT2D eigenvalue weighted by Crippen LogP contribution is -2.27. The van der Waals surface area contributed by atoms with Gasteiger partial charge < -0.3 is 15.0 Å². The fourth-order valence-corrected chi connectivity index (χ4v) is 2.64. The van der Waals surface area contributed by atoms with E-state index in [4.69, 9.17) is 11.2 Å². The third-order valence-electron chi connectivity index (χ3n) is 3.92. The molecular weight excluding hydrogens is 369 g/mol. The zero-order valence-electron chi connectivity index (χ0n) is 14.2. The summed E-state index contributed by atoms with van der Waals surface area (Å²) >= 11 is 0. The first kappa shape index (κ1) is 18.6. The van der Waals surface area contributed by atoms with Crippen LogP contribution < -0.4 is 15.0 Å². The molecule has 9 heteroatoms. The number of carbonyl (C=O) groups is 2. The summed E-state index contributed by atoms with van der Waals surface area (Å²) in [6, 6.07) is 7.55. The Morgan fingerprint density at radius 1 is 1.39 bits per heavy atom. The fraction of sp³-hybridized carbons (Fsp3) is 0.0526. The predicted octanol–water partition coefficient (Wildman–Crippen LogP) is 2.86. The molecular formula is C19H12FN3O5. The number of terminal acetylenes is 1. The first-order valence-corrected chi connectivity index (χ1v) is 7.87. The zero-order valence-corrected chi connectivity index (χ0v) is 14.2. The van der Waals surface area contributed by atoms with Gasteiger partial charge in [0.1, 0.15) is 17.5 Å². The Hall–Kier alpha value is -4.19. The Balaban J connectivity index is 1.98. The number of anilines is 2. The molecule has 1 aliphatic heterocycles. The van der Waals surface area contributed by atoms with Gasteiger partial charge in [-0.05, 0) is 12.1 Å². The van der Waals surface area contributed by atoms with Crippen LogP contribution in [0.4, 0.5) is 21.5 Å². The molecule has 1 amide bonds. The van der Waals surface area contributed by atoms with Gasteiger partial charge >= 0.3 is 0 Å². The van der Waals surface area contributed by atoms with Crippen molar-refractivity contribution in [1.29, 1.82) is 0 Å². The second-order valence-corrected chi connectivity index (χ2v) is 5.60. The highest BCUT2D eigenvalue weighted by Gasteiger charge is 2.25. The number of carbonyl (C=O) groups excluding carboxylic acids is 2. The third kappa shape index (κ3) is 3.39. The van der Waals surface area contributed by atoms with Gasteiger partial charge in [0.2, 0.25) is 0 Å². The predicted molar refractivity (Wildman–Crippen MR) is 98.4 cm³/mol. The average molecular weight is 381 g/mol. The summed E-state index contributed by atoms with van der Waals surface area (Å²) in [6.45, 7) is 0.00408. The second-order valence-electron chi connectivity index (χ2n) is 5.60. The molecule has 140 valence electrons. The highest BCUT2D eigenvalue weighted by molar-refractivity contribution is 6.07. The number of nitrogens with one attached hydrogen (secondary N) is 1. The van der Waals surface area contributed by atoms with Gasteiger partial charge in [-0.15, -0.1) is 6.42 Å². The normalized spacial score (nSPS) is 12.1. The smallest absolute Gasteiger partial charge is 0.282 e. The van der Waals surface area contributed by atoms with E-state index < -0.39 is 22.3 Å². The number of aldehydes is 1.